The van der Waals surface area contributed by atoms with Crippen LogP contribution < -0.4 is 0 Å². The van der Waals surface area contributed by atoms with E-state index in [0.29, 0.717) is 0 Å². The number of rotatable bonds is 1. The van der Waals surface area contributed by atoms with Crippen molar-refractivity contribution < 1.29 is 0 Å². The predicted octanol–water partition coefficient (Wildman–Crippen LogP) is 5.98. The third-order valence-corrected chi connectivity index (χ3v) is 4.63. The highest BCUT2D eigenvalue weighted by Crippen LogP contribution is 2.43. The van der Waals surface area contributed by atoms with Crippen molar-refractivity contribution in [3.05, 3.63) is 47.3 Å². The van der Waals surface area contributed by atoms with Crippen LogP contribution in [0.4, 0.5) is 0 Å². The van der Waals surface area contributed by atoms with Crippen molar-refractivity contribution in [3.8, 4) is 10.9 Å². The van der Waals surface area contributed by atoms with Crippen LogP contribution in [-0.4, -0.2) is 0 Å². The summed E-state index contributed by atoms with van der Waals surface area (Å²) in [6.45, 7) is 13.9. The molecule has 0 aliphatic carbocycles. The molecular weight excluding hydrogens is 247 g/mol. The van der Waals surface area contributed by atoms with Crippen molar-refractivity contribution in [2.75, 3.05) is 0 Å². The standard InChI is InChI=1S/C18H25P/c1-17(2,3)13-9-7-10-14(18(4,5)6)16(13)15-11-8-12-19-15/h7-12,19H,1-6H3. The van der Waals surface area contributed by atoms with E-state index in [1.54, 1.807) is 0 Å². The Labute approximate surface area is 119 Å². The normalized spacial score (nSPS) is 13.2. The molecule has 0 nitrogen and oxygen atoms in total. The summed E-state index contributed by atoms with van der Waals surface area (Å²) < 4.78 is 0. The minimum absolute atomic E-state index is 0.185. The quantitative estimate of drug-likeness (QED) is 0.599. The molecule has 0 amide bonds. The average molecular weight is 272 g/mol. The SMILES string of the molecule is CC(C)(C)c1cccc(C(C)(C)C)c1-c1ccc[pH]1. The van der Waals surface area contributed by atoms with Crippen molar-refractivity contribution in [1.82, 2.24) is 0 Å². The van der Waals surface area contributed by atoms with Gasteiger partial charge in [0.2, 0.25) is 0 Å². The fourth-order valence-electron chi connectivity index (χ4n) is 2.58. The smallest absolute Gasteiger partial charge is 0.00123 e. The molecule has 102 valence electrons. The van der Waals surface area contributed by atoms with Crippen molar-refractivity contribution in [1.29, 1.82) is 0 Å². The third-order valence-electron chi connectivity index (χ3n) is 3.55. The van der Waals surface area contributed by atoms with Gasteiger partial charge in [-0.2, -0.15) is 0 Å². The highest BCUT2D eigenvalue weighted by Gasteiger charge is 2.25. The second-order valence-electron chi connectivity index (χ2n) is 7.31. The first kappa shape index (κ1) is 14.4. The van der Waals surface area contributed by atoms with E-state index in [-0.39, 0.29) is 10.8 Å². The summed E-state index contributed by atoms with van der Waals surface area (Å²) >= 11 is 0. The van der Waals surface area contributed by atoms with E-state index in [1.165, 1.54) is 22.0 Å². The number of benzene rings is 1. The van der Waals surface area contributed by atoms with Crippen molar-refractivity contribution in [3.63, 3.8) is 0 Å². The van der Waals surface area contributed by atoms with Crippen LogP contribution in [0.1, 0.15) is 52.7 Å². The molecule has 0 aliphatic heterocycles. The Hall–Kier alpha value is -1.000. The zero-order chi connectivity index (χ0) is 14.3. The second kappa shape index (κ2) is 4.84. The monoisotopic (exact) mass is 272 g/mol. The highest BCUT2D eigenvalue weighted by molar-refractivity contribution is 7.33. The first-order valence-corrected chi connectivity index (χ1v) is 8.07. The first-order valence-electron chi connectivity index (χ1n) is 6.99. The van der Waals surface area contributed by atoms with E-state index >= 15 is 0 Å². The van der Waals surface area contributed by atoms with Crippen molar-refractivity contribution in [2.24, 2.45) is 0 Å². The van der Waals surface area contributed by atoms with E-state index in [4.69, 9.17) is 0 Å². The Morgan fingerprint density at radius 2 is 1.26 bits per heavy atom. The first-order chi connectivity index (χ1) is 8.71. The van der Waals surface area contributed by atoms with Gasteiger partial charge in [0.05, 0.1) is 0 Å². The minimum Gasteiger partial charge on any atom is -0.132 e. The molecule has 1 unspecified atom stereocenters. The predicted molar refractivity (Wildman–Crippen MR) is 88.8 cm³/mol. The second-order valence-corrected chi connectivity index (χ2v) is 8.47. The van der Waals surface area contributed by atoms with E-state index in [0.717, 1.165) is 8.19 Å². The van der Waals surface area contributed by atoms with Gasteiger partial charge in [0, 0.05) is 0 Å². The maximum atomic E-state index is 2.31. The molecule has 1 heterocycles. The Morgan fingerprint density at radius 3 is 1.63 bits per heavy atom. The lowest BCUT2D eigenvalue weighted by Gasteiger charge is -2.29. The van der Waals surface area contributed by atoms with Crippen LogP contribution in [0.15, 0.2) is 36.1 Å². The topological polar surface area (TPSA) is 0 Å². The van der Waals surface area contributed by atoms with Gasteiger partial charge in [0.25, 0.3) is 0 Å². The molecule has 1 aromatic heterocycles. The van der Waals surface area contributed by atoms with Gasteiger partial charge in [0.15, 0.2) is 0 Å². The van der Waals surface area contributed by atoms with Crippen LogP contribution in [-0.2, 0) is 10.8 Å². The lowest BCUT2D eigenvalue weighted by atomic mass is 9.76. The van der Waals surface area contributed by atoms with Gasteiger partial charge in [-0.15, -0.1) is 8.19 Å². The molecule has 2 rings (SSSR count). The highest BCUT2D eigenvalue weighted by atomic mass is 31.0. The Balaban J connectivity index is 2.78. The molecule has 0 N–H and O–H groups in total. The van der Waals surface area contributed by atoms with Crippen LogP contribution in [0.2, 0.25) is 0 Å². The molecule has 0 fully saturated rings. The van der Waals surface area contributed by atoms with E-state index < -0.39 is 0 Å². The fourth-order valence-corrected chi connectivity index (χ4v) is 3.56. The molecule has 2 aromatic rings. The van der Waals surface area contributed by atoms with Crippen molar-refractivity contribution in [2.45, 2.75) is 52.4 Å². The van der Waals surface area contributed by atoms with Gasteiger partial charge in [0.1, 0.15) is 0 Å². The molecule has 0 bridgehead atoms. The van der Waals surface area contributed by atoms with Gasteiger partial charge in [-0.3, -0.25) is 0 Å². The van der Waals surface area contributed by atoms with Gasteiger partial charge in [-0.05, 0) is 38.6 Å². The maximum Gasteiger partial charge on any atom is -0.00123 e. The van der Waals surface area contributed by atoms with Gasteiger partial charge in [-0.25, -0.2) is 0 Å². The molecular formula is C18H25P. The summed E-state index contributed by atoms with van der Waals surface area (Å²) in [6, 6.07) is 11.3. The van der Waals surface area contributed by atoms with Gasteiger partial charge < -0.3 is 0 Å². The Morgan fingerprint density at radius 1 is 0.737 bits per heavy atom. The molecule has 0 saturated heterocycles. The summed E-state index contributed by atoms with van der Waals surface area (Å²) in [5.41, 5.74) is 4.81. The van der Waals surface area contributed by atoms with Crippen molar-refractivity contribution >= 4 is 8.19 Å². The lowest BCUT2D eigenvalue weighted by molar-refractivity contribution is 0.572. The molecule has 0 aliphatic rings. The minimum atomic E-state index is 0.185. The van der Waals surface area contributed by atoms with Crippen LogP contribution >= 0.6 is 8.19 Å². The zero-order valence-corrected chi connectivity index (χ0v) is 14.0. The molecule has 0 saturated carbocycles. The van der Waals surface area contributed by atoms with E-state index in [1.807, 2.05) is 0 Å². The van der Waals surface area contributed by atoms with Gasteiger partial charge >= 0.3 is 0 Å². The van der Waals surface area contributed by atoms with Gasteiger partial charge in [-0.1, -0.05) is 71.9 Å². The molecule has 19 heavy (non-hydrogen) atoms. The summed E-state index contributed by atoms with van der Waals surface area (Å²) in [6.07, 6.45) is 0. The summed E-state index contributed by atoms with van der Waals surface area (Å²) in [4.78, 5) is 0. The molecule has 0 radical (unpaired) electrons. The summed E-state index contributed by atoms with van der Waals surface area (Å²) in [7, 11) is 0.809. The summed E-state index contributed by atoms with van der Waals surface area (Å²) in [5, 5.41) is 1.50. The molecule has 1 heteroatoms. The van der Waals surface area contributed by atoms with Crippen LogP contribution in [0.3, 0.4) is 0 Å². The average Bonchev–Trinajstić information content (AvgIpc) is 2.78. The molecule has 0 spiro atoms. The largest absolute Gasteiger partial charge is 0.132 e. The van der Waals surface area contributed by atoms with Crippen LogP contribution in [0.5, 0.6) is 0 Å². The maximum absolute atomic E-state index is 2.31. The fraction of sp³-hybridized carbons (Fsp3) is 0.444. The third kappa shape index (κ3) is 2.95. The Bertz CT molecular complexity index is 516. The lowest BCUT2D eigenvalue weighted by Crippen LogP contribution is -2.18. The Kier molecular flexibility index (Phi) is 3.67. The van der Waals surface area contributed by atoms with Crippen LogP contribution in [0.25, 0.3) is 10.9 Å². The molecule has 1 aromatic carbocycles. The number of hydrogen-bond acceptors (Lipinski definition) is 0. The zero-order valence-electron chi connectivity index (χ0n) is 13.0. The van der Waals surface area contributed by atoms with E-state index in [9.17, 15) is 0 Å². The number of hydrogen-bond donors (Lipinski definition) is 0. The molecule has 1 atom stereocenters. The van der Waals surface area contributed by atoms with E-state index in [2.05, 4.69) is 77.7 Å². The van der Waals surface area contributed by atoms with Crippen LogP contribution in [0, 0.1) is 0 Å². The summed E-state index contributed by atoms with van der Waals surface area (Å²) in [5.74, 6) is 2.28.